The van der Waals surface area contributed by atoms with Crippen LogP contribution >= 0.6 is 23.2 Å². The van der Waals surface area contributed by atoms with Crippen LogP contribution in [0.4, 0.5) is 0 Å². The first-order valence-corrected chi connectivity index (χ1v) is 7.83. The number of piperidine rings is 1. The van der Waals surface area contributed by atoms with E-state index in [9.17, 15) is 0 Å². The van der Waals surface area contributed by atoms with Crippen molar-refractivity contribution in [1.29, 1.82) is 0 Å². The lowest BCUT2D eigenvalue weighted by molar-refractivity contribution is 0.251. The molecule has 3 rings (SSSR count). The van der Waals surface area contributed by atoms with Crippen LogP contribution in [0, 0.1) is 5.92 Å². The van der Waals surface area contributed by atoms with E-state index in [2.05, 4.69) is 17.1 Å². The Morgan fingerprint density at radius 1 is 1.32 bits per heavy atom. The summed E-state index contributed by atoms with van der Waals surface area (Å²) in [6.07, 6.45) is 2.66. The molecule has 0 spiro atoms. The second-order valence-electron chi connectivity index (χ2n) is 5.76. The van der Waals surface area contributed by atoms with E-state index in [4.69, 9.17) is 23.2 Å². The number of hydrogen-bond acceptors (Lipinski definition) is 2. The molecule has 0 saturated carbocycles. The summed E-state index contributed by atoms with van der Waals surface area (Å²) >= 11 is 12.4. The third-order valence-electron chi connectivity index (χ3n) is 4.58. The molecule has 19 heavy (non-hydrogen) atoms. The van der Waals surface area contributed by atoms with E-state index in [0.29, 0.717) is 12.1 Å². The maximum Gasteiger partial charge on any atom is 0.0454 e. The largest absolute Gasteiger partial charge is 0.312 e. The van der Waals surface area contributed by atoms with Gasteiger partial charge in [0.25, 0.3) is 0 Å². The molecular formula is C15H20Cl2N2. The maximum atomic E-state index is 6.32. The highest BCUT2D eigenvalue weighted by atomic mass is 35.5. The SMILES string of the molecule is CC(c1cc(Cl)ccc1Cl)N1C[C@@H]2CCCN[C@@H]2C1. The summed E-state index contributed by atoms with van der Waals surface area (Å²) in [4.78, 5) is 2.53. The normalized spacial score (nSPS) is 29.2. The summed E-state index contributed by atoms with van der Waals surface area (Å²) < 4.78 is 0. The molecule has 2 aliphatic rings. The third-order valence-corrected chi connectivity index (χ3v) is 5.16. The van der Waals surface area contributed by atoms with Gasteiger partial charge in [0, 0.05) is 35.2 Å². The summed E-state index contributed by atoms with van der Waals surface area (Å²) in [5, 5.41) is 5.23. The van der Waals surface area contributed by atoms with Crippen LogP contribution in [0.2, 0.25) is 10.0 Å². The Bertz CT molecular complexity index is 449. The molecule has 1 aromatic rings. The standard InChI is InChI=1S/C15H20Cl2N2/c1-10(13-7-12(16)4-5-14(13)17)19-8-11-3-2-6-18-15(11)9-19/h4-5,7,10-11,15,18H,2-3,6,8-9H2,1H3/t10?,11-,15+/m0/s1. The average Bonchev–Trinajstić information content (AvgIpc) is 2.84. The molecule has 1 unspecified atom stereocenters. The van der Waals surface area contributed by atoms with Crippen molar-refractivity contribution >= 4 is 23.2 Å². The lowest BCUT2D eigenvalue weighted by atomic mass is 9.94. The number of fused-ring (bicyclic) bond motifs is 1. The maximum absolute atomic E-state index is 6.32. The monoisotopic (exact) mass is 298 g/mol. The van der Waals surface area contributed by atoms with E-state index in [1.54, 1.807) is 0 Å². The molecule has 2 saturated heterocycles. The van der Waals surface area contributed by atoms with Crippen LogP contribution in [0.25, 0.3) is 0 Å². The minimum Gasteiger partial charge on any atom is -0.312 e. The van der Waals surface area contributed by atoms with Gasteiger partial charge in [-0.05, 0) is 56.0 Å². The zero-order chi connectivity index (χ0) is 13.4. The minimum atomic E-state index is 0.332. The molecule has 2 nitrogen and oxygen atoms in total. The van der Waals surface area contributed by atoms with Gasteiger partial charge < -0.3 is 5.32 Å². The van der Waals surface area contributed by atoms with Crippen molar-refractivity contribution in [2.45, 2.75) is 31.8 Å². The fourth-order valence-corrected chi connectivity index (χ4v) is 3.88. The fourth-order valence-electron chi connectivity index (χ4n) is 3.43. The van der Waals surface area contributed by atoms with Gasteiger partial charge in [0.2, 0.25) is 0 Å². The fraction of sp³-hybridized carbons (Fsp3) is 0.600. The second-order valence-corrected chi connectivity index (χ2v) is 6.60. The van der Waals surface area contributed by atoms with E-state index in [-0.39, 0.29) is 0 Å². The number of rotatable bonds is 2. The van der Waals surface area contributed by atoms with Crippen molar-refractivity contribution in [3.05, 3.63) is 33.8 Å². The number of hydrogen-bond donors (Lipinski definition) is 1. The zero-order valence-electron chi connectivity index (χ0n) is 11.2. The quantitative estimate of drug-likeness (QED) is 0.895. The summed E-state index contributed by atoms with van der Waals surface area (Å²) in [6, 6.07) is 6.75. The molecule has 104 valence electrons. The Morgan fingerprint density at radius 3 is 2.95 bits per heavy atom. The lowest BCUT2D eigenvalue weighted by Crippen LogP contribution is -2.40. The molecule has 2 aliphatic heterocycles. The molecule has 0 radical (unpaired) electrons. The van der Waals surface area contributed by atoms with E-state index in [0.717, 1.165) is 28.1 Å². The predicted octanol–water partition coefficient (Wildman–Crippen LogP) is 3.74. The van der Waals surface area contributed by atoms with Crippen molar-refractivity contribution in [2.24, 2.45) is 5.92 Å². The summed E-state index contributed by atoms with van der Waals surface area (Å²) in [5.74, 6) is 0.800. The van der Waals surface area contributed by atoms with Gasteiger partial charge >= 0.3 is 0 Å². The van der Waals surface area contributed by atoms with E-state index in [1.165, 1.54) is 25.9 Å². The van der Waals surface area contributed by atoms with Crippen molar-refractivity contribution in [1.82, 2.24) is 10.2 Å². The molecule has 3 atom stereocenters. The van der Waals surface area contributed by atoms with E-state index < -0.39 is 0 Å². The van der Waals surface area contributed by atoms with Crippen LogP contribution in [0.15, 0.2) is 18.2 Å². The first-order valence-electron chi connectivity index (χ1n) is 7.07. The minimum absolute atomic E-state index is 0.332. The second kappa shape index (κ2) is 5.61. The molecule has 0 aromatic heterocycles. The molecule has 2 fully saturated rings. The van der Waals surface area contributed by atoms with Crippen molar-refractivity contribution < 1.29 is 0 Å². The number of nitrogens with one attached hydrogen (secondary N) is 1. The van der Waals surface area contributed by atoms with Crippen molar-refractivity contribution in [3.63, 3.8) is 0 Å². The molecule has 0 bridgehead atoms. The smallest absolute Gasteiger partial charge is 0.0454 e. The van der Waals surface area contributed by atoms with E-state index >= 15 is 0 Å². The Balaban J connectivity index is 1.77. The first-order chi connectivity index (χ1) is 9.15. The van der Waals surface area contributed by atoms with Crippen LogP contribution in [-0.2, 0) is 0 Å². The third kappa shape index (κ3) is 2.78. The van der Waals surface area contributed by atoms with Crippen LogP contribution in [-0.4, -0.2) is 30.6 Å². The summed E-state index contributed by atoms with van der Waals surface area (Å²) in [6.45, 7) is 5.69. The number of nitrogens with zero attached hydrogens (tertiary/aromatic N) is 1. The van der Waals surface area contributed by atoms with Crippen molar-refractivity contribution in [3.8, 4) is 0 Å². The number of halogens is 2. The highest BCUT2D eigenvalue weighted by molar-refractivity contribution is 6.33. The van der Waals surface area contributed by atoms with Gasteiger partial charge in [-0.15, -0.1) is 0 Å². The lowest BCUT2D eigenvalue weighted by Gasteiger charge is -2.25. The molecule has 1 N–H and O–H groups in total. The summed E-state index contributed by atoms with van der Waals surface area (Å²) in [7, 11) is 0. The molecule has 4 heteroatoms. The highest BCUT2D eigenvalue weighted by Gasteiger charge is 2.36. The molecule has 2 heterocycles. The molecule has 0 amide bonds. The molecule has 0 aliphatic carbocycles. The average molecular weight is 299 g/mol. The molecule has 1 aromatic carbocycles. The Labute approximate surface area is 125 Å². The number of benzene rings is 1. The van der Waals surface area contributed by atoms with Gasteiger partial charge in [-0.3, -0.25) is 4.90 Å². The topological polar surface area (TPSA) is 15.3 Å². The van der Waals surface area contributed by atoms with Crippen LogP contribution in [0.5, 0.6) is 0 Å². The molecular weight excluding hydrogens is 279 g/mol. The Morgan fingerprint density at radius 2 is 2.16 bits per heavy atom. The van der Waals surface area contributed by atoms with Gasteiger partial charge in [-0.1, -0.05) is 23.2 Å². The zero-order valence-corrected chi connectivity index (χ0v) is 12.7. The van der Waals surface area contributed by atoms with Gasteiger partial charge in [0.05, 0.1) is 0 Å². The Hall–Kier alpha value is -0.280. The highest BCUT2D eigenvalue weighted by Crippen LogP contribution is 2.35. The van der Waals surface area contributed by atoms with E-state index in [1.807, 2.05) is 18.2 Å². The van der Waals surface area contributed by atoms with Gasteiger partial charge in [-0.25, -0.2) is 0 Å². The first kappa shape index (κ1) is 13.7. The Kier molecular flexibility index (Phi) is 4.04. The van der Waals surface area contributed by atoms with Crippen LogP contribution < -0.4 is 5.32 Å². The predicted molar refractivity (Wildman–Crippen MR) is 81.0 cm³/mol. The van der Waals surface area contributed by atoms with Crippen molar-refractivity contribution in [2.75, 3.05) is 19.6 Å². The summed E-state index contributed by atoms with van der Waals surface area (Å²) in [5.41, 5.74) is 1.15. The number of likely N-dealkylation sites (tertiary alicyclic amines) is 1. The van der Waals surface area contributed by atoms with Gasteiger partial charge in [-0.2, -0.15) is 0 Å². The van der Waals surface area contributed by atoms with Crippen LogP contribution in [0.3, 0.4) is 0 Å². The van der Waals surface area contributed by atoms with Gasteiger partial charge in [0.15, 0.2) is 0 Å². The van der Waals surface area contributed by atoms with Gasteiger partial charge in [0.1, 0.15) is 0 Å². The van der Waals surface area contributed by atoms with Crippen LogP contribution in [0.1, 0.15) is 31.4 Å².